The van der Waals surface area contributed by atoms with Gasteiger partial charge in [0.1, 0.15) is 6.61 Å². The fraction of sp³-hybridized carbons (Fsp3) is 0.765. The third-order valence-corrected chi connectivity index (χ3v) is 5.32. The molecule has 0 saturated heterocycles. The molecule has 2 aliphatic rings. The first-order chi connectivity index (χ1) is 11.2. The first-order valence-electron chi connectivity index (χ1n) is 8.56. The van der Waals surface area contributed by atoms with E-state index in [0.29, 0.717) is 18.1 Å². The molecule has 2 atom stereocenters. The van der Waals surface area contributed by atoms with Gasteiger partial charge in [0.2, 0.25) is 0 Å². The average Bonchev–Trinajstić information content (AvgIpc) is 3.04. The summed E-state index contributed by atoms with van der Waals surface area (Å²) in [6.45, 7) is 3.09. The number of aromatic nitrogens is 1. The molecule has 0 bridgehead atoms. The van der Waals surface area contributed by atoms with Crippen LogP contribution in [0.25, 0.3) is 0 Å². The van der Waals surface area contributed by atoms with Crippen molar-refractivity contribution in [3.05, 3.63) is 17.5 Å². The zero-order valence-corrected chi connectivity index (χ0v) is 14.0. The van der Waals surface area contributed by atoms with E-state index in [0.717, 1.165) is 25.9 Å². The van der Waals surface area contributed by atoms with Crippen molar-refractivity contribution < 1.29 is 18.8 Å². The van der Waals surface area contributed by atoms with Gasteiger partial charge in [0.05, 0.1) is 6.10 Å². The maximum Gasteiger partial charge on any atom is 0.273 e. The molecule has 2 fully saturated rings. The molecule has 0 aromatic carbocycles. The summed E-state index contributed by atoms with van der Waals surface area (Å²) < 4.78 is 16.0. The van der Waals surface area contributed by atoms with Gasteiger partial charge in [-0.1, -0.05) is 24.4 Å². The van der Waals surface area contributed by atoms with Crippen molar-refractivity contribution in [2.75, 3.05) is 13.7 Å². The van der Waals surface area contributed by atoms with Gasteiger partial charge in [-0.25, -0.2) is 0 Å². The lowest BCUT2D eigenvalue weighted by atomic mass is 9.55. The van der Waals surface area contributed by atoms with E-state index in [2.05, 4.69) is 10.5 Å². The highest BCUT2D eigenvalue weighted by atomic mass is 16.5. The van der Waals surface area contributed by atoms with Crippen molar-refractivity contribution in [2.45, 2.75) is 64.2 Å². The van der Waals surface area contributed by atoms with Crippen molar-refractivity contribution in [3.63, 3.8) is 0 Å². The molecule has 2 aliphatic carbocycles. The standard InChI is InChI=1S/C17H26N2O4/c1-3-22-15-10-14(17(15)7-5-4-6-8-17)18-16(20)13-9-12(11-21-2)23-19-13/h9,14-15H,3-8,10-11H2,1-2H3,(H,18,20). The molecule has 1 N–H and O–H groups in total. The summed E-state index contributed by atoms with van der Waals surface area (Å²) in [6, 6.07) is 1.82. The molecule has 3 rings (SSSR count). The van der Waals surface area contributed by atoms with Crippen molar-refractivity contribution in [2.24, 2.45) is 5.41 Å². The topological polar surface area (TPSA) is 73.6 Å². The smallest absolute Gasteiger partial charge is 0.273 e. The van der Waals surface area contributed by atoms with Crippen LogP contribution < -0.4 is 5.32 Å². The predicted molar refractivity (Wildman–Crippen MR) is 84.0 cm³/mol. The summed E-state index contributed by atoms with van der Waals surface area (Å²) in [7, 11) is 1.58. The van der Waals surface area contributed by atoms with Crippen LogP contribution in [0.4, 0.5) is 0 Å². The van der Waals surface area contributed by atoms with Crippen LogP contribution in [0.5, 0.6) is 0 Å². The highest BCUT2D eigenvalue weighted by Crippen LogP contribution is 2.53. The summed E-state index contributed by atoms with van der Waals surface area (Å²) in [5.74, 6) is 0.395. The fourth-order valence-electron chi connectivity index (χ4n) is 4.13. The Kier molecular flexibility index (Phi) is 5.02. The van der Waals surface area contributed by atoms with Crippen LogP contribution in [0.1, 0.15) is 61.7 Å². The quantitative estimate of drug-likeness (QED) is 0.871. The van der Waals surface area contributed by atoms with E-state index in [4.69, 9.17) is 14.0 Å². The highest BCUT2D eigenvalue weighted by Gasteiger charge is 2.56. The number of hydrogen-bond acceptors (Lipinski definition) is 5. The third kappa shape index (κ3) is 3.15. The minimum Gasteiger partial charge on any atom is -0.378 e. The minimum absolute atomic E-state index is 0.114. The second kappa shape index (κ2) is 7.01. The van der Waals surface area contributed by atoms with Crippen LogP contribution in [0.3, 0.4) is 0 Å². The first-order valence-corrected chi connectivity index (χ1v) is 8.56. The second-order valence-electron chi connectivity index (χ2n) is 6.61. The molecule has 0 aliphatic heterocycles. The molecule has 2 saturated carbocycles. The Morgan fingerprint density at radius 1 is 1.43 bits per heavy atom. The number of ether oxygens (including phenoxy) is 2. The van der Waals surface area contributed by atoms with Crippen LogP contribution in [0.15, 0.2) is 10.6 Å². The van der Waals surface area contributed by atoms with Crippen molar-refractivity contribution in [3.8, 4) is 0 Å². The third-order valence-electron chi connectivity index (χ3n) is 5.32. The summed E-state index contributed by atoms with van der Waals surface area (Å²) in [6.07, 6.45) is 7.16. The number of carbonyl (C=O) groups excluding carboxylic acids is 1. The van der Waals surface area contributed by atoms with E-state index < -0.39 is 0 Å². The van der Waals surface area contributed by atoms with Gasteiger partial charge in [-0.05, 0) is 26.2 Å². The van der Waals surface area contributed by atoms with Gasteiger partial charge in [-0.15, -0.1) is 0 Å². The largest absolute Gasteiger partial charge is 0.378 e. The number of hydrogen-bond donors (Lipinski definition) is 1. The molecule has 1 aromatic heterocycles. The molecule has 2 unspecified atom stereocenters. The monoisotopic (exact) mass is 322 g/mol. The molecule has 1 aromatic rings. The predicted octanol–water partition coefficient (Wildman–Crippen LogP) is 2.68. The fourth-order valence-corrected chi connectivity index (χ4v) is 4.13. The van der Waals surface area contributed by atoms with Crippen LogP contribution in [0.2, 0.25) is 0 Å². The Morgan fingerprint density at radius 2 is 2.22 bits per heavy atom. The Morgan fingerprint density at radius 3 is 2.91 bits per heavy atom. The number of nitrogens with zero attached hydrogens (tertiary/aromatic N) is 1. The molecule has 0 radical (unpaired) electrons. The van der Waals surface area contributed by atoms with E-state index in [-0.39, 0.29) is 23.5 Å². The Balaban J connectivity index is 1.65. The first kappa shape index (κ1) is 16.5. The van der Waals surface area contributed by atoms with E-state index >= 15 is 0 Å². The lowest BCUT2D eigenvalue weighted by Gasteiger charge is -2.57. The van der Waals surface area contributed by atoms with Gasteiger partial charge in [0, 0.05) is 31.2 Å². The lowest BCUT2D eigenvalue weighted by Crippen LogP contribution is -2.65. The van der Waals surface area contributed by atoms with Crippen molar-refractivity contribution in [1.29, 1.82) is 0 Å². The van der Waals surface area contributed by atoms with Crippen LogP contribution >= 0.6 is 0 Å². The summed E-state index contributed by atoms with van der Waals surface area (Å²) in [4.78, 5) is 12.4. The van der Waals surface area contributed by atoms with Crippen LogP contribution in [-0.4, -0.2) is 36.9 Å². The lowest BCUT2D eigenvalue weighted by molar-refractivity contribution is -0.147. The van der Waals surface area contributed by atoms with Gasteiger partial charge in [0.25, 0.3) is 5.91 Å². The van der Waals surface area contributed by atoms with E-state index in [1.54, 1.807) is 13.2 Å². The maximum absolute atomic E-state index is 12.4. The number of carbonyl (C=O) groups is 1. The van der Waals surface area contributed by atoms with E-state index in [1.807, 2.05) is 6.92 Å². The van der Waals surface area contributed by atoms with Gasteiger partial charge in [-0.3, -0.25) is 4.79 Å². The van der Waals surface area contributed by atoms with E-state index in [1.165, 1.54) is 19.3 Å². The average molecular weight is 322 g/mol. The Hall–Kier alpha value is -1.40. The molecule has 128 valence electrons. The maximum atomic E-state index is 12.4. The van der Waals surface area contributed by atoms with E-state index in [9.17, 15) is 4.79 Å². The molecule has 1 amide bonds. The Bertz CT molecular complexity index is 536. The summed E-state index contributed by atoms with van der Waals surface area (Å²) in [5.41, 5.74) is 0.436. The molecule has 23 heavy (non-hydrogen) atoms. The van der Waals surface area contributed by atoms with Gasteiger partial charge < -0.3 is 19.3 Å². The van der Waals surface area contributed by atoms with Gasteiger partial charge in [0.15, 0.2) is 11.5 Å². The number of rotatable bonds is 6. The zero-order chi connectivity index (χ0) is 16.3. The van der Waals surface area contributed by atoms with Crippen molar-refractivity contribution in [1.82, 2.24) is 10.5 Å². The second-order valence-corrected chi connectivity index (χ2v) is 6.61. The SMILES string of the molecule is CCOC1CC(NC(=O)c2cc(COC)on2)C12CCCCC2. The molecule has 6 nitrogen and oxygen atoms in total. The Labute approximate surface area is 136 Å². The van der Waals surface area contributed by atoms with Gasteiger partial charge in [-0.2, -0.15) is 0 Å². The minimum atomic E-state index is -0.166. The number of amides is 1. The molecular formula is C17H26N2O4. The van der Waals surface area contributed by atoms with Crippen LogP contribution in [0, 0.1) is 5.41 Å². The number of nitrogens with one attached hydrogen (secondary N) is 1. The van der Waals surface area contributed by atoms with Crippen LogP contribution in [-0.2, 0) is 16.1 Å². The zero-order valence-electron chi connectivity index (χ0n) is 14.0. The molecule has 6 heteroatoms. The normalized spacial score (nSPS) is 26.0. The summed E-state index contributed by atoms with van der Waals surface area (Å²) >= 11 is 0. The molecular weight excluding hydrogens is 296 g/mol. The molecule has 1 heterocycles. The van der Waals surface area contributed by atoms with Gasteiger partial charge >= 0.3 is 0 Å². The highest BCUT2D eigenvalue weighted by molar-refractivity contribution is 5.92. The molecule has 1 spiro atoms. The number of methoxy groups -OCH3 is 1. The van der Waals surface area contributed by atoms with Crippen molar-refractivity contribution >= 4 is 5.91 Å². The summed E-state index contributed by atoms with van der Waals surface area (Å²) in [5, 5.41) is 6.99.